The summed E-state index contributed by atoms with van der Waals surface area (Å²) in [6, 6.07) is 1.88. The fourth-order valence-corrected chi connectivity index (χ4v) is 3.36. The van der Waals surface area contributed by atoms with Gasteiger partial charge < -0.3 is 5.32 Å². The summed E-state index contributed by atoms with van der Waals surface area (Å²) in [5, 5.41) is 4.10. The van der Waals surface area contributed by atoms with Crippen molar-refractivity contribution in [1.82, 2.24) is 5.32 Å². The first kappa shape index (κ1) is 9.04. The van der Waals surface area contributed by atoms with E-state index >= 15 is 0 Å². The Bertz CT molecular complexity index is 196. The molecule has 0 spiro atoms. The smallest absolute Gasteiger partial charge is 0.0126 e. The van der Waals surface area contributed by atoms with E-state index in [2.05, 4.69) is 5.32 Å². The van der Waals surface area contributed by atoms with Crippen LogP contribution in [-0.4, -0.2) is 12.1 Å². The van der Waals surface area contributed by atoms with E-state index < -0.39 is 0 Å². The second-order valence-electron chi connectivity index (χ2n) is 6.57. The molecule has 0 aliphatic heterocycles. The van der Waals surface area contributed by atoms with Crippen molar-refractivity contribution in [2.75, 3.05) is 0 Å². The highest BCUT2D eigenvalue weighted by Gasteiger charge is 2.47. The first-order chi connectivity index (χ1) is 7.42. The van der Waals surface area contributed by atoms with Crippen molar-refractivity contribution in [3.8, 4) is 0 Å². The SMILES string of the molecule is C1CC1C(NC(C1CC1)C1CC1)C1CC1. The molecule has 0 heterocycles. The lowest BCUT2D eigenvalue weighted by atomic mass is 10.0. The molecule has 1 heteroatoms. The van der Waals surface area contributed by atoms with Crippen molar-refractivity contribution < 1.29 is 0 Å². The van der Waals surface area contributed by atoms with Crippen LogP contribution in [0.25, 0.3) is 0 Å². The molecule has 0 atom stereocenters. The van der Waals surface area contributed by atoms with Gasteiger partial charge in [0.2, 0.25) is 0 Å². The number of hydrogen-bond acceptors (Lipinski definition) is 1. The summed E-state index contributed by atoms with van der Waals surface area (Å²) in [6.45, 7) is 0. The summed E-state index contributed by atoms with van der Waals surface area (Å²) in [4.78, 5) is 0. The van der Waals surface area contributed by atoms with Crippen molar-refractivity contribution in [1.29, 1.82) is 0 Å². The molecule has 15 heavy (non-hydrogen) atoms. The first-order valence-electron chi connectivity index (χ1n) is 7.18. The van der Waals surface area contributed by atoms with Crippen LogP contribution in [0.15, 0.2) is 0 Å². The predicted molar refractivity (Wildman–Crippen MR) is 61.6 cm³/mol. The standard InChI is InChI=1S/C14H23N/c1-2-9(1)13(10-3-4-10)15-14(11-5-6-11)12-7-8-12/h9-15H,1-8H2. The highest BCUT2D eigenvalue weighted by molar-refractivity contribution is 5.03. The Morgan fingerprint density at radius 1 is 0.533 bits per heavy atom. The summed E-state index contributed by atoms with van der Waals surface area (Å²) in [5.41, 5.74) is 0. The molecule has 0 aromatic rings. The van der Waals surface area contributed by atoms with Gasteiger partial charge in [0.05, 0.1) is 0 Å². The van der Waals surface area contributed by atoms with Crippen LogP contribution in [0.1, 0.15) is 51.4 Å². The van der Waals surface area contributed by atoms with Crippen LogP contribution in [0.2, 0.25) is 0 Å². The van der Waals surface area contributed by atoms with Crippen LogP contribution in [0.4, 0.5) is 0 Å². The normalized spacial score (nSPS) is 31.6. The highest BCUT2D eigenvalue weighted by Crippen LogP contribution is 2.49. The van der Waals surface area contributed by atoms with Gasteiger partial charge >= 0.3 is 0 Å². The van der Waals surface area contributed by atoms with Crippen molar-refractivity contribution in [3.63, 3.8) is 0 Å². The highest BCUT2D eigenvalue weighted by atomic mass is 15.0. The molecule has 4 aliphatic rings. The lowest BCUT2D eigenvalue weighted by molar-refractivity contribution is 0.315. The van der Waals surface area contributed by atoms with E-state index in [4.69, 9.17) is 0 Å². The van der Waals surface area contributed by atoms with Gasteiger partial charge in [-0.25, -0.2) is 0 Å². The van der Waals surface area contributed by atoms with Crippen LogP contribution in [0.5, 0.6) is 0 Å². The molecule has 0 aromatic carbocycles. The third-order valence-corrected chi connectivity index (χ3v) is 4.90. The second-order valence-corrected chi connectivity index (χ2v) is 6.57. The van der Waals surface area contributed by atoms with Crippen molar-refractivity contribution in [2.24, 2.45) is 23.7 Å². The Morgan fingerprint density at radius 3 is 1.00 bits per heavy atom. The van der Waals surface area contributed by atoms with Gasteiger partial charge in [0.15, 0.2) is 0 Å². The van der Waals surface area contributed by atoms with Crippen LogP contribution < -0.4 is 5.32 Å². The minimum Gasteiger partial charge on any atom is -0.310 e. The van der Waals surface area contributed by atoms with Gasteiger partial charge in [-0.15, -0.1) is 0 Å². The van der Waals surface area contributed by atoms with E-state index in [9.17, 15) is 0 Å². The molecule has 0 unspecified atom stereocenters. The summed E-state index contributed by atoms with van der Waals surface area (Å²) in [6.07, 6.45) is 12.2. The molecule has 0 amide bonds. The maximum Gasteiger partial charge on any atom is 0.0126 e. The molecule has 4 fully saturated rings. The molecule has 4 saturated carbocycles. The van der Waals surface area contributed by atoms with Gasteiger partial charge in [0, 0.05) is 12.1 Å². The van der Waals surface area contributed by atoms with Crippen LogP contribution >= 0.6 is 0 Å². The Hall–Kier alpha value is -0.0400. The third-order valence-electron chi connectivity index (χ3n) is 4.90. The zero-order valence-corrected chi connectivity index (χ0v) is 9.62. The molecule has 0 radical (unpaired) electrons. The quantitative estimate of drug-likeness (QED) is 0.703. The van der Waals surface area contributed by atoms with E-state index in [0.717, 1.165) is 35.8 Å². The van der Waals surface area contributed by atoms with Crippen LogP contribution in [0.3, 0.4) is 0 Å². The molecular weight excluding hydrogens is 182 g/mol. The van der Waals surface area contributed by atoms with E-state index in [0.29, 0.717) is 0 Å². The van der Waals surface area contributed by atoms with E-state index in [-0.39, 0.29) is 0 Å². The number of nitrogens with one attached hydrogen (secondary N) is 1. The predicted octanol–water partition coefficient (Wildman–Crippen LogP) is 2.95. The van der Waals surface area contributed by atoms with Gasteiger partial charge in [-0.3, -0.25) is 0 Å². The molecule has 84 valence electrons. The summed E-state index contributed by atoms with van der Waals surface area (Å²) in [7, 11) is 0. The van der Waals surface area contributed by atoms with E-state index in [1.807, 2.05) is 0 Å². The Kier molecular flexibility index (Phi) is 1.94. The first-order valence-corrected chi connectivity index (χ1v) is 7.18. The zero-order valence-electron chi connectivity index (χ0n) is 9.62. The molecule has 4 rings (SSSR count). The molecule has 4 aliphatic carbocycles. The summed E-state index contributed by atoms with van der Waals surface area (Å²) in [5.74, 6) is 4.32. The molecule has 1 nitrogen and oxygen atoms in total. The second kappa shape index (κ2) is 3.23. The average molecular weight is 205 g/mol. The minimum absolute atomic E-state index is 0.941. The monoisotopic (exact) mass is 205 g/mol. The van der Waals surface area contributed by atoms with Crippen molar-refractivity contribution in [2.45, 2.75) is 63.5 Å². The topological polar surface area (TPSA) is 12.0 Å². The molecule has 0 saturated heterocycles. The lowest BCUT2D eigenvalue weighted by Gasteiger charge is -2.26. The lowest BCUT2D eigenvalue weighted by Crippen LogP contribution is -2.43. The largest absolute Gasteiger partial charge is 0.310 e. The molecular formula is C14H23N. The fourth-order valence-electron chi connectivity index (χ4n) is 3.36. The number of rotatable bonds is 6. The van der Waals surface area contributed by atoms with Crippen LogP contribution in [-0.2, 0) is 0 Å². The van der Waals surface area contributed by atoms with Crippen molar-refractivity contribution >= 4 is 0 Å². The Morgan fingerprint density at radius 2 is 0.800 bits per heavy atom. The van der Waals surface area contributed by atoms with Gasteiger partial charge in [0.1, 0.15) is 0 Å². The van der Waals surface area contributed by atoms with Crippen molar-refractivity contribution in [3.05, 3.63) is 0 Å². The fraction of sp³-hybridized carbons (Fsp3) is 1.00. The Balaban J connectivity index is 1.41. The Labute approximate surface area is 93.0 Å². The molecule has 0 aromatic heterocycles. The van der Waals surface area contributed by atoms with Crippen LogP contribution in [0, 0.1) is 23.7 Å². The summed E-state index contributed by atoms with van der Waals surface area (Å²) < 4.78 is 0. The van der Waals surface area contributed by atoms with Gasteiger partial charge in [0.25, 0.3) is 0 Å². The minimum atomic E-state index is 0.941. The van der Waals surface area contributed by atoms with E-state index in [1.165, 1.54) is 51.4 Å². The zero-order chi connectivity index (χ0) is 9.83. The number of hydrogen-bond donors (Lipinski definition) is 1. The van der Waals surface area contributed by atoms with Gasteiger partial charge in [-0.2, -0.15) is 0 Å². The third kappa shape index (κ3) is 1.95. The molecule has 0 bridgehead atoms. The van der Waals surface area contributed by atoms with Gasteiger partial charge in [-0.1, -0.05) is 0 Å². The average Bonchev–Trinajstić information content (AvgIpc) is 3.02. The van der Waals surface area contributed by atoms with Gasteiger partial charge in [-0.05, 0) is 75.0 Å². The molecule has 1 N–H and O–H groups in total. The van der Waals surface area contributed by atoms with E-state index in [1.54, 1.807) is 0 Å². The summed E-state index contributed by atoms with van der Waals surface area (Å²) >= 11 is 0. The maximum atomic E-state index is 4.10. The maximum absolute atomic E-state index is 4.10.